The Labute approximate surface area is 69.2 Å². The van der Waals surface area contributed by atoms with Crippen LogP contribution in [-0.4, -0.2) is 7.11 Å². The van der Waals surface area contributed by atoms with E-state index in [9.17, 15) is 0 Å². The van der Waals surface area contributed by atoms with Gasteiger partial charge in [-0.2, -0.15) is 0 Å². The van der Waals surface area contributed by atoms with Gasteiger partial charge in [0.2, 0.25) is 0 Å². The summed E-state index contributed by atoms with van der Waals surface area (Å²) in [6.45, 7) is 0. The van der Waals surface area contributed by atoms with Crippen molar-refractivity contribution in [3.63, 3.8) is 0 Å². The van der Waals surface area contributed by atoms with Gasteiger partial charge in [-0.15, -0.1) is 0 Å². The highest BCUT2D eigenvalue weighted by Gasteiger charge is 1.98. The van der Waals surface area contributed by atoms with Crippen molar-refractivity contribution < 1.29 is 4.74 Å². The summed E-state index contributed by atoms with van der Waals surface area (Å²) in [4.78, 5) is 0. The molecule has 55 valence electrons. The third-order valence-corrected chi connectivity index (χ3v) is 2.62. The molecule has 2 aromatic rings. The van der Waals surface area contributed by atoms with Gasteiger partial charge < -0.3 is 4.74 Å². The SMILES string of the molecule is COc1cc2c[c]ccc2s1. The number of thiophene rings is 1. The summed E-state index contributed by atoms with van der Waals surface area (Å²) >= 11 is 1.66. The van der Waals surface area contributed by atoms with Gasteiger partial charge in [-0.3, -0.25) is 0 Å². The maximum atomic E-state index is 5.10. The molecular formula is C9H7OS. The summed E-state index contributed by atoms with van der Waals surface area (Å²) in [5, 5.41) is 2.16. The summed E-state index contributed by atoms with van der Waals surface area (Å²) < 4.78 is 6.35. The van der Waals surface area contributed by atoms with E-state index in [0.29, 0.717) is 0 Å². The van der Waals surface area contributed by atoms with E-state index in [2.05, 4.69) is 6.07 Å². The van der Waals surface area contributed by atoms with Crippen LogP contribution < -0.4 is 4.74 Å². The lowest BCUT2D eigenvalue weighted by atomic mass is 10.3. The summed E-state index contributed by atoms with van der Waals surface area (Å²) in [6.07, 6.45) is 0. The van der Waals surface area contributed by atoms with E-state index >= 15 is 0 Å². The standard InChI is InChI=1S/C9H7OS/c1-10-9-6-7-4-2-3-5-8(7)11-9/h3-6H,1H3. The molecule has 0 atom stereocenters. The Hall–Kier alpha value is -1.02. The molecule has 1 heterocycles. The van der Waals surface area contributed by atoms with Crippen molar-refractivity contribution in [3.05, 3.63) is 30.3 Å². The zero-order valence-corrected chi connectivity index (χ0v) is 6.94. The molecule has 0 saturated heterocycles. The van der Waals surface area contributed by atoms with E-state index in [1.807, 2.05) is 24.3 Å². The van der Waals surface area contributed by atoms with Crippen molar-refractivity contribution in [2.24, 2.45) is 0 Å². The van der Waals surface area contributed by atoms with Gasteiger partial charge in [-0.05, 0) is 29.7 Å². The first-order valence-electron chi connectivity index (χ1n) is 3.34. The third kappa shape index (κ3) is 1.10. The van der Waals surface area contributed by atoms with Gasteiger partial charge in [-0.1, -0.05) is 17.4 Å². The molecule has 0 saturated carbocycles. The van der Waals surface area contributed by atoms with Gasteiger partial charge in [-0.25, -0.2) is 0 Å². The zero-order chi connectivity index (χ0) is 7.68. The Morgan fingerprint density at radius 1 is 1.55 bits per heavy atom. The minimum Gasteiger partial charge on any atom is -0.487 e. The lowest BCUT2D eigenvalue weighted by Gasteiger charge is -1.86. The van der Waals surface area contributed by atoms with E-state index in [-0.39, 0.29) is 0 Å². The average molecular weight is 163 g/mol. The van der Waals surface area contributed by atoms with Crippen LogP contribution in [0.1, 0.15) is 0 Å². The number of ether oxygens (including phenoxy) is 1. The smallest absolute Gasteiger partial charge is 0.174 e. The summed E-state index contributed by atoms with van der Waals surface area (Å²) in [7, 11) is 1.69. The average Bonchev–Trinajstić information content (AvgIpc) is 2.46. The number of rotatable bonds is 1. The number of hydrogen-bond donors (Lipinski definition) is 0. The highest BCUT2D eigenvalue weighted by molar-refractivity contribution is 7.20. The van der Waals surface area contributed by atoms with Crippen LogP contribution in [0.25, 0.3) is 10.1 Å². The van der Waals surface area contributed by atoms with Crippen LogP contribution in [0, 0.1) is 6.07 Å². The van der Waals surface area contributed by atoms with Crippen LogP contribution in [0.3, 0.4) is 0 Å². The molecule has 0 unspecified atom stereocenters. The van der Waals surface area contributed by atoms with Gasteiger partial charge in [0.15, 0.2) is 5.06 Å². The van der Waals surface area contributed by atoms with E-state index < -0.39 is 0 Å². The molecule has 1 aromatic heterocycles. The van der Waals surface area contributed by atoms with E-state index in [4.69, 9.17) is 4.74 Å². The fourth-order valence-electron chi connectivity index (χ4n) is 1.00. The minimum absolute atomic E-state index is 0.958. The molecule has 0 aliphatic heterocycles. The van der Waals surface area contributed by atoms with Crippen molar-refractivity contribution in [3.8, 4) is 5.06 Å². The lowest BCUT2D eigenvalue weighted by molar-refractivity contribution is 0.427. The molecule has 0 aliphatic carbocycles. The Balaban J connectivity index is 2.69. The molecule has 0 spiro atoms. The second-order valence-corrected chi connectivity index (χ2v) is 3.28. The van der Waals surface area contributed by atoms with Crippen molar-refractivity contribution in [1.29, 1.82) is 0 Å². The molecule has 2 rings (SSSR count). The van der Waals surface area contributed by atoms with Crippen LogP contribution in [-0.2, 0) is 0 Å². The van der Waals surface area contributed by atoms with Crippen molar-refractivity contribution in [1.82, 2.24) is 0 Å². The molecular weight excluding hydrogens is 156 g/mol. The first kappa shape index (κ1) is 6.68. The predicted molar refractivity (Wildman–Crippen MR) is 47.2 cm³/mol. The number of methoxy groups -OCH3 is 1. The van der Waals surface area contributed by atoms with E-state index in [0.717, 1.165) is 5.06 Å². The molecule has 1 aromatic carbocycles. The first-order chi connectivity index (χ1) is 5.40. The predicted octanol–water partition coefficient (Wildman–Crippen LogP) is 2.71. The number of hydrogen-bond acceptors (Lipinski definition) is 2. The molecule has 2 heteroatoms. The molecule has 0 N–H and O–H groups in total. The van der Waals surface area contributed by atoms with Crippen molar-refractivity contribution in [2.45, 2.75) is 0 Å². The molecule has 1 nitrogen and oxygen atoms in total. The Morgan fingerprint density at radius 3 is 3.18 bits per heavy atom. The highest BCUT2D eigenvalue weighted by Crippen LogP contribution is 2.30. The Kier molecular flexibility index (Phi) is 1.55. The van der Waals surface area contributed by atoms with Gasteiger partial charge in [0.1, 0.15) is 0 Å². The molecule has 0 fully saturated rings. The maximum Gasteiger partial charge on any atom is 0.174 e. The van der Waals surface area contributed by atoms with Crippen molar-refractivity contribution in [2.75, 3.05) is 7.11 Å². The summed E-state index contributed by atoms with van der Waals surface area (Å²) in [6, 6.07) is 11.0. The molecule has 1 radical (unpaired) electrons. The topological polar surface area (TPSA) is 9.23 Å². The summed E-state index contributed by atoms with van der Waals surface area (Å²) in [5.41, 5.74) is 0. The highest BCUT2D eigenvalue weighted by atomic mass is 32.1. The normalized spacial score (nSPS) is 10.3. The first-order valence-corrected chi connectivity index (χ1v) is 4.15. The molecule has 0 aliphatic rings. The van der Waals surface area contributed by atoms with Gasteiger partial charge in [0.25, 0.3) is 0 Å². The van der Waals surface area contributed by atoms with Crippen LogP contribution in [0.4, 0.5) is 0 Å². The fourth-order valence-corrected chi connectivity index (χ4v) is 1.86. The van der Waals surface area contributed by atoms with Gasteiger partial charge in [0.05, 0.1) is 7.11 Å². The molecule has 0 amide bonds. The Morgan fingerprint density at radius 2 is 2.45 bits per heavy atom. The quantitative estimate of drug-likeness (QED) is 0.628. The lowest BCUT2D eigenvalue weighted by Crippen LogP contribution is -1.73. The van der Waals surface area contributed by atoms with Crippen LogP contribution in [0.5, 0.6) is 5.06 Å². The van der Waals surface area contributed by atoms with E-state index in [1.165, 1.54) is 10.1 Å². The van der Waals surface area contributed by atoms with Gasteiger partial charge in [0, 0.05) is 4.70 Å². The van der Waals surface area contributed by atoms with Crippen LogP contribution in [0.2, 0.25) is 0 Å². The van der Waals surface area contributed by atoms with Crippen molar-refractivity contribution >= 4 is 21.4 Å². The number of fused-ring (bicyclic) bond motifs is 1. The fraction of sp³-hybridized carbons (Fsp3) is 0.111. The molecule has 0 bridgehead atoms. The Bertz CT molecular complexity index is 331. The second kappa shape index (κ2) is 2.55. The maximum absolute atomic E-state index is 5.10. The third-order valence-electron chi connectivity index (χ3n) is 1.54. The summed E-state index contributed by atoms with van der Waals surface area (Å²) in [5.74, 6) is 0. The second-order valence-electron chi connectivity index (χ2n) is 2.23. The van der Waals surface area contributed by atoms with Crippen LogP contribution in [0.15, 0.2) is 24.3 Å². The van der Waals surface area contributed by atoms with E-state index in [1.54, 1.807) is 18.4 Å². The molecule has 11 heavy (non-hydrogen) atoms. The minimum atomic E-state index is 0.958. The van der Waals surface area contributed by atoms with Crippen LogP contribution >= 0.6 is 11.3 Å². The monoisotopic (exact) mass is 163 g/mol. The zero-order valence-electron chi connectivity index (χ0n) is 6.13. The largest absolute Gasteiger partial charge is 0.487 e. The van der Waals surface area contributed by atoms with Gasteiger partial charge >= 0.3 is 0 Å². The number of benzene rings is 1.